The van der Waals surface area contributed by atoms with E-state index < -0.39 is 0 Å². The number of fused-ring (bicyclic) bond motifs is 1. The van der Waals surface area contributed by atoms with E-state index in [-0.39, 0.29) is 0 Å². The Morgan fingerprint density at radius 2 is 2.38 bits per heavy atom. The van der Waals surface area contributed by atoms with Gasteiger partial charge in [-0.1, -0.05) is 32.5 Å². The number of anilines is 1. The van der Waals surface area contributed by atoms with Crippen molar-refractivity contribution in [3.05, 3.63) is 11.0 Å². The van der Waals surface area contributed by atoms with Crippen LogP contribution in [-0.4, -0.2) is 19.5 Å². The number of imidazole rings is 1. The minimum Gasteiger partial charge on any atom is -0.369 e. The Bertz CT molecular complexity index is 556. The first-order valence-corrected chi connectivity index (χ1v) is 5.73. The summed E-state index contributed by atoms with van der Waals surface area (Å²) in [6.45, 7) is 5.27. The van der Waals surface area contributed by atoms with Crippen LogP contribution in [-0.2, 0) is 6.54 Å². The lowest BCUT2D eigenvalue weighted by Gasteiger charge is -2.09. The number of hydrogen-bond donors (Lipinski definition) is 2. The summed E-state index contributed by atoms with van der Waals surface area (Å²) in [6, 6.07) is 0. The minimum atomic E-state index is 0.336. The Labute approximate surface area is 98.7 Å². The summed E-state index contributed by atoms with van der Waals surface area (Å²) in [6.07, 6.45) is 2.91. The van der Waals surface area contributed by atoms with E-state index in [2.05, 4.69) is 28.8 Å². The van der Waals surface area contributed by atoms with Crippen molar-refractivity contribution in [2.24, 2.45) is 5.92 Å². The van der Waals surface area contributed by atoms with E-state index in [4.69, 9.17) is 18.0 Å². The molecule has 0 unspecified atom stereocenters. The van der Waals surface area contributed by atoms with Gasteiger partial charge in [0.05, 0.1) is 6.33 Å². The number of hydrogen-bond acceptors (Lipinski definition) is 4. The van der Waals surface area contributed by atoms with Gasteiger partial charge in [-0.15, -0.1) is 0 Å². The lowest BCUT2D eigenvalue weighted by molar-refractivity contribution is 0.474. The number of rotatable bonds is 3. The van der Waals surface area contributed by atoms with Gasteiger partial charge in [0.2, 0.25) is 0 Å². The van der Waals surface area contributed by atoms with Crippen LogP contribution >= 0.6 is 12.2 Å². The fourth-order valence-electron chi connectivity index (χ4n) is 1.58. The lowest BCUT2D eigenvalue weighted by atomic mass is 10.1. The van der Waals surface area contributed by atoms with Gasteiger partial charge in [-0.3, -0.25) is 0 Å². The first-order chi connectivity index (χ1) is 7.61. The zero-order valence-electron chi connectivity index (χ0n) is 9.40. The Hall–Kier alpha value is -1.43. The second-order valence-corrected chi connectivity index (χ2v) is 4.42. The third kappa shape index (κ3) is 1.92. The molecule has 86 valence electrons. The molecule has 0 amide bonds. The molecule has 0 radical (unpaired) electrons. The normalized spacial score (nSPS) is 13.1. The monoisotopic (exact) mass is 237 g/mol. The molecule has 2 heterocycles. The summed E-state index contributed by atoms with van der Waals surface area (Å²) < 4.78 is 2.49. The molecule has 0 bridgehead atoms. The van der Waals surface area contributed by atoms with Gasteiger partial charge in [0.1, 0.15) is 11.2 Å². The molecule has 1 atom stereocenters. The van der Waals surface area contributed by atoms with Crippen LogP contribution in [0.5, 0.6) is 0 Å². The van der Waals surface area contributed by atoms with Crippen LogP contribution in [0.25, 0.3) is 11.2 Å². The largest absolute Gasteiger partial charge is 0.369 e. The summed E-state index contributed by atoms with van der Waals surface area (Å²) in [5, 5.41) is 0. The van der Waals surface area contributed by atoms with Crippen molar-refractivity contribution in [1.29, 1.82) is 0 Å². The van der Waals surface area contributed by atoms with Crippen molar-refractivity contribution in [2.45, 2.75) is 26.8 Å². The fourth-order valence-corrected chi connectivity index (χ4v) is 1.83. The van der Waals surface area contributed by atoms with Crippen molar-refractivity contribution >= 4 is 29.3 Å². The maximum atomic E-state index is 5.64. The maximum Gasteiger partial charge on any atom is 0.200 e. The molecule has 0 fully saturated rings. The van der Waals surface area contributed by atoms with E-state index in [1.165, 1.54) is 0 Å². The quantitative estimate of drug-likeness (QED) is 0.802. The molecule has 3 N–H and O–H groups in total. The molecule has 0 spiro atoms. The summed E-state index contributed by atoms with van der Waals surface area (Å²) >= 11 is 5.11. The second kappa shape index (κ2) is 4.21. The highest BCUT2D eigenvalue weighted by molar-refractivity contribution is 7.71. The van der Waals surface area contributed by atoms with Gasteiger partial charge in [-0.05, 0) is 5.92 Å². The Balaban J connectivity index is 2.51. The molecular formula is C10H15N5S. The van der Waals surface area contributed by atoms with Crippen molar-refractivity contribution < 1.29 is 0 Å². The lowest BCUT2D eigenvalue weighted by Crippen LogP contribution is -2.07. The highest BCUT2D eigenvalue weighted by atomic mass is 32.1. The maximum absolute atomic E-state index is 5.64. The average molecular weight is 237 g/mol. The van der Waals surface area contributed by atoms with Crippen LogP contribution in [0.1, 0.15) is 20.3 Å². The van der Waals surface area contributed by atoms with E-state index in [0.717, 1.165) is 18.6 Å². The predicted molar refractivity (Wildman–Crippen MR) is 66.6 cm³/mol. The van der Waals surface area contributed by atoms with Crippen LogP contribution in [0.3, 0.4) is 0 Å². The number of H-pyrrole nitrogens is 1. The van der Waals surface area contributed by atoms with Crippen molar-refractivity contribution in [2.75, 3.05) is 5.73 Å². The molecule has 0 aliphatic rings. The molecule has 0 aliphatic heterocycles. The zero-order valence-corrected chi connectivity index (χ0v) is 10.2. The van der Waals surface area contributed by atoms with Crippen LogP contribution in [0.4, 0.5) is 5.95 Å². The second-order valence-electron chi connectivity index (χ2n) is 4.03. The molecule has 0 saturated carbocycles. The smallest absolute Gasteiger partial charge is 0.200 e. The van der Waals surface area contributed by atoms with E-state index >= 15 is 0 Å². The average Bonchev–Trinajstić information content (AvgIpc) is 2.61. The Morgan fingerprint density at radius 1 is 1.62 bits per heavy atom. The van der Waals surface area contributed by atoms with Gasteiger partial charge in [-0.25, -0.2) is 9.97 Å². The molecule has 2 aromatic rings. The van der Waals surface area contributed by atoms with Crippen LogP contribution in [0.2, 0.25) is 0 Å². The highest BCUT2D eigenvalue weighted by Crippen LogP contribution is 2.14. The third-order valence-electron chi connectivity index (χ3n) is 2.71. The molecule has 5 nitrogen and oxygen atoms in total. The third-order valence-corrected chi connectivity index (χ3v) is 3.00. The van der Waals surface area contributed by atoms with Gasteiger partial charge >= 0.3 is 0 Å². The Morgan fingerprint density at radius 3 is 3.06 bits per heavy atom. The number of aromatic nitrogens is 4. The van der Waals surface area contributed by atoms with Gasteiger partial charge in [0.15, 0.2) is 10.6 Å². The number of aromatic amines is 1. The first kappa shape index (κ1) is 11.1. The molecule has 0 aliphatic carbocycles. The molecular weight excluding hydrogens is 222 g/mol. The molecule has 0 saturated heterocycles. The summed E-state index contributed by atoms with van der Waals surface area (Å²) in [7, 11) is 0. The number of nitrogens with two attached hydrogens (primary N) is 1. The van der Waals surface area contributed by atoms with Gasteiger partial charge < -0.3 is 15.3 Å². The predicted octanol–water partition coefficient (Wildman–Crippen LogP) is 2.12. The molecule has 16 heavy (non-hydrogen) atoms. The number of nitrogen functional groups attached to an aromatic ring is 1. The van der Waals surface area contributed by atoms with Crippen LogP contribution in [0.15, 0.2) is 6.33 Å². The topological polar surface area (TPSA) is 72.5 Å². The zero-order chi connectivity index (χ0) is 11.7. The summed E-state index contributed by atoms with van der Waals surface area (Å²) in [5.74, 6) is 0.928. The van der Waals surface area contributed by atoms with Crippen molar-refractivity contribution in [3.8, 4) is 0 Å². The van der Waals surface area contributed by atoms with Gasteiger partial charge in [0, 0.05) is 6.54 Å². The van der Waals surface area contributed by atoms with Crippen LogP contribution in [0, 0.1) is 10.6 Å². The minimum absolute atomic E-state index is 0.336. The standard InChI is InChI=1S/C10H15N5S/c1-3-6(2)4-15-5-12-7-8(15)13-10(11)14-9(7)16/h5-6H,3-4H2,1-2H3,(H3,11,13,14,16)/t6-/m0/s1. The number of nitrogens with zero attached hydrogens (tertiary/aromatic N) is 3. The fraction of sp³-hybridized carbons (Fsp3) is 0.500. The first-order valence-electron chi connectivity index (χ1n) is 5.32. The van der Waals surface area contributed by atoms with E-state index in [1.807, 2.05) is 4.57 Å². The molecule has 6 heteroatoms. The van der Waals surface area contributed by atoms with E-state index in [0.29, 0.717) is 22.0 Å². The van der Waals surface area contributed by atoms with E-state index in [9.17, 15) is 0 Å². The SMILES string of the molecule is CC[C@H](C)Cn1cnc2c(=S)nc(N)[nH]c21. The van der Waals surface area contributed by atoms with Gasteiger partial charge in [0.25, 0.3) is 0 Å². The Kier molecular flexibility index (Phi) is 2.91. The molecule has 2 aromatic heterocycles. The summed E-state index contributed by atoms with van der Waals surface area (Å²) in [5.41, 5.74) is 7.22. The molecule has 0 aromatic carbocycles. The summed E-state index contributed by atoms with van der Waals surface area (Å²) in [4.78, 5) is 11.2. The van der Waals surface area contributed by atoms with E-state index in [1.54, 1.807) is 6.33 Å². The highest BCUT2D eigenvalue weighted by Gasteiger charge is 2.08. The van der Waals surface area contributed by atoms with Crippen LogP contribution < -0.4 is 5.73 Å². The van der Waals surface area contributed by atoms with Gasteiger partial charge in [-0.2, -0.15) is 0 Å². The molecule has 2 rings (SSSR count). The van der Waals surface area contributed by atoms with Crippen molar-refractivity contribution in [1.82, 2.24) is 19.5 Å². The number of nitrogens with one attached hydrogen (secondary N) is 1. The van der Waals surface area contributed by atoms with Crippen molar-refractivity contribution in [3.63, 3.8) is 0 Å².